The second-order valence-corrected chi connectivity index (χ2v) is 12.4. The van der Waals surface area contributed by atoms with Crippen LogP contribution in [0.3, 0.4) is 0 Å². The maximum atomic E-state index is 14.0. The van der Waals surface area contributed by atoms with E-state index in [1.807, 2.05) is 0 Å². The van der Waals surface area contributed by atoms with Crippen molar-refractivity contribution in [3.63, 3.8) is 0 Å². The molecule has 6 N–H and O–H groups in total. The number of nitrogens with zero attached hydrogens (tertiary/aromatic N) is 2. The van der Waals surface area contributed by atoms with Crippen LogP contribution in [0.5, 0.6) is 0 Å². The van der Waals surface area contributed by atoms with Crippen LogP contribution in [-0.4, -0.2) is 88.3 Å². The first kappa shape index (κ1) is 53.7. The average molecular weight is 923 g/mol. The van der Waals surface area contributed by atoms with E-state index in [4.69, 9.17) is 31.3 Å². The third kappa shape index (κ3) is 15.0. The lowest BCUT2D eigenvalue weighted by Crippen LogP contribution is -2.67. The highest BCUT2D eigenvalue weighted by molar-refractivity contribution is 6.19. The zero-order valence-corrected chi connectivity index (χ0v) is 29.9. The fourth-order valence-corrected chi connectivity index (χ4v) is 5.13. The minimum atomic E-state index is -5.40. The molecule has 3 rings (SSSR count). The van der Waals surface area contributed by atoms with Crippen molar-refractivity contribution in [1.29, 1.82) is 0 Å². The Bertz CT molecular complexity index is 1710. The fourth-order valence-electron chi connectivity index (χ4n) is 5.13. The van der Waals surface area contributed by atoms with Crippen molar-refractivity contribution in [2.45, 2.75) is 62.7 Å². The van der Waals surface area contributed by atoms with Crippen molar-refractivity contribution in [2.24, 2.45) is 16.9 Å². The number of carbonyl (C=O) groups excluding carboxylic acids is 3. The predicted octanol–water partition coefficient (Wildman–Crippen LogP) is 7.29. The summed E-state index contributed by atoms with van der Waals surface area (Å²) in [6.07, 6.45) is -34.8. The van der Waals surface area contributed by atoms with Gasteiger partial charge in [0.05, 0.1) is 22.3 Å². The first-order valence-corrected chi connectivity index (χ1v) is 16.1. The van der Waals surface area contributed by atoms with Crippen molar-refractivity contribution >= 4 is 29.8 Å². The topological polar surface area (TPSA) is 184 Å². The molecule has 29 heteroatoms. The van der Waals surface area contributed by atoms with E-state index in [9.17, 15) is 93.4 Å². The summed E-state index contributed by atoms with van der Waals surface area (Å²) in [5.41, 5.74) is -1.53. The van der Waals surface area contributed by atoms with Gasteiger partial charge in [-0.1, -0.05) is 0 Å². The minimum Gasteiger partial charge on any atom is -0.475 e. The third-order valence-electron chi connectivity index (χ3n) is 7.73. The van der Waals surface area contributed by atoms with Gasteiger partial charge in [0.1, 0.15) is 5.41 Å². The van der Waals surface area contributed by atoms with E-state index in [0.29, 0.717) is 9.80 Å². The summed E-state index contributed by atoms with van der Waals surface area (Å²) in [5, 5.41) is 14.2. The monoisotopic (exact) mass is 922 g/mol. The molecule has 0 aliphatic carbocycles. The molecule has 1 saturated heterocycles. The Labute approximate surface area is 328 Å². The Morgan fingerprint density at radius 2 is 0.721 bits per heavy atom. The zero-order chi connectivity index (χ0) is 47.9. The molecule has 0 unspecified atom stereocenters. The maximum absolute atomic E-state index is 14.0. The summed E-state index contributed by atoms with van der Waals surface area (Å²) in [6.45, 7) is -1.47. The molecule has 0 spiro atoms. The fraction of sp³-hybridized carbons (Fsp3) is 0.469. The molecule has 2 aromatic carbocycles. The van der Waals surface area contributed by atoms with Crippen molar-refractivity contribution in [1.82, 2.24) is 9.80 Å². The number of hydrogen-bond acceptors (Lipinski definition) is 7. The SMILES string of the molecule is NCCCN1C(=O)N(CCCN)C(=O)C(Cc2cc(C(F)(F)F)cc(C(F)(F)F)c2)(Cc2cc(C(F)(F)F)cc(C(F)(F)F)c2)C1=O.O=C(O)C(F)(F)F.O=C(O)C(F)(F)F. The molecule has 0 bridgehead atoms. The molecule has 2 aromatic rings. The second-order valence-electron chi connectivity index (χ2n) is 12.4. The Morgan fingerprint density at radius 1 is 0.492 bits per heavy atom. The van der Waals surface area contributed by atoms with Gasteiger partial charge in [-0.25, -0.2) is 14.4 Å². The molecule has 0 atom stereocenters. The van der Waals surface area contributed by atoms with Crippen LogP contribution in [0.2, 0.25) is 0 Å². The van der Waals surface area contributed by atoms with Crippen LogP contribution in [0.25, 0.3) is 0 Å². The van der Waals surface area contributed by atoms with Crippen LogP contribution in [0.1, 0.15) is 46.2 Å². The predicted molar refractivity (Wildman–Crippen MR) is 166 cm³/mol. The van der Waals surface area contributed by atoms with E-state index < -0.39 is 132 Å². The van der Waals surface area contributed by atoms with Crippen LogP contribution in [0.15, 0.2) is 36.4 Å². The van der Waals surface area contributed by atoms with Crippen molar-refractivity contribution in [3.8, 4) is 0 Å². The Morgan fingerprint density at radius 3 is 0.902 bits per heavy atom. The molecule has 4 amide bonds. The van der Waals surface area contributed by atoms with Gasteiger partial charge in [0.25, 0.3) is 0 Å². The molecule has 11 nitrogen and oxygen atoms in total. The van der Waals surface area contributed by atoms with Crippen molar-refractivity contribution in [3.05, 3.63) is 69.8 Å². The van der Waals surface area contributed by atoms with Gasteiger partial charge in [0, 0.05) is 13.1 Å². The molecule has 1 aliphatic rings. The van der Waals surface area contributed by atoms with E-state index >= 15 is 0 Å². The number of nitrogens with two attached hydrogens (primary N) is 2. The number of barbiturate groups is 1. The summed E-state index contributed by atoms with van der Waals surface area (Å²) in [5.74, 6) is -8.65. The number of carboxylic acids is 2. The van der Waals surface area contributed by atoms with Crippen LogP contribution in [-0.2, 0) is 56.7 Å². The van der Waals surface area contributed by atoms with Crippen LogP contribution < -0.4 is 11.5 Å². The maximum Gasteiger partial charge on any atom is 0.490 e. The molecular weight excluding hydrogens is 894 g/mol. The number of rotatable bonds is 10. The molecule has 344 valence electrons. The van der Waals surface area contributed by atoms with Gasteiger partial charge in [-0.05, 0) is 86.3 Å². The van der Waals surface area contributed by atoms with E-state index in [1.54, 1.807) is 0 Å². The van der Waals surface area contributed by atoms with Gasteiger partial charge in [0.2, 0.25) is 11.8 Å². The number of carboxylic acid groups (broad SMARTS) is 2. The lowest BCUT2D eigenvalue weighted by atomic mass is 9.72. The van der Waals surface area contributed by atoms with Crippen molar-refractivity contribution in [2.75, 3.05) is 26.2 Å². The molecule has 1 heterocycles. The highest BCUT2D eigenvalue weighted by Crippen LogP contribution is 2.43. The molecule has 1 fully saturated rings. The first-order chi connectivity index (χ1) is 27.3. The normalized spacial score (nSPS) is 15.2. The van der Waals surface area contributed by atoms with Crippen LogP contribution in [0.4, 0.5) is 83.8 Å². The number of alkyl halides is 18. The number of aliphatic carboxylic acids is 2. The third-order valence-corrected chi connectivity index (χ3v) is 7.73. The molecule has 0 saturated carbocycles. The Balaban J connectivity index is 0.00000114. The van der Waals surface area contributed by atoms with Gasteiger partial charge in [0.15, 0.2) is 0 Å². The average Bonchev–Trinajstić information content (AvgIpc) is 3.09. The molecule has 0 aromatic heterocycles. The van der Waals surface area contributed by atoms with E-state index in [2.05, 4.69) is 0 Å². The summed E-state index contributed by atoms with van der Waals surface area (Å²) in [7, 11) is 0. The van der Waals surface area contributed by atoms with Gasteiger partial charge >= 0.3 is 55.0 Å². The molecular formula is C32H28F18N4O7. The zero-order valence-electron chi connectivity index (χ0n) is 29.9. The van der Waals surface area contributed by atoms with E-state index in [0.717, 1.165) is 0 Å². The number of imide groups is 2. The largest absolute Gasteiger partial charge is 0.490 e. The molecule has 0 radical (unpaired) electrons. The van der Waals surface area contributed by atoms with E-state index in [-0.39, 0.29) is 62.3 Å². The minimum absolute atomic E-state index is 0.143. The summed E-state index contributed by atoms with van der Waals surface area (Å²) >= 11 is 0. The highest BCUT2D eigenvalue weighted by atomic mass is 19.4. The van der Waals surface area contributed by atoms with Crippen LogP contribution in [0, 0.1) is 5.41 Å². The lowest BCUT2D eigenvalue weighted by Gasteiger charge is -2.44. The number of amides is 4. The standard InChI is InChI=1S/C28H26F12N4O3.2C2HF3O2/c29-25(30,31)17-7-15(8-18(11-17)26(32,33)34)13-24(14-16-9-19(27(35,36)37)12-20(10-16)28(38,39)40)21(45)43(5-1-3-41)23(47)44(22(24)46)6-2-4-42;2*3-2(4,5)1(6)7/h7-12H,1-6,13-14,41-42H2;2*(H,6,7). The van der Waals surface area contributed by atoms with Crippen molar-refractivity contribution < 1.29 is 113 Å². The smallest absolute Gasteiger partial charge is 0.475 e. The summed E-state index contributed by atoms with van der Waals surface area (Å²) in [6, 6.07) is -1.16. The number of benzene rings is 2. The Kier molecular flexibility index (Phi) is 17.2. The Hall–Kier alpha value is -5.35. The lowest BCUT2D eigenvalue weighted by molar-refractivity contribution is -0.193. The highest BCUT2D eigenvalue weighted by Gasteiger charge is 2.57. The molecule has 61 heavy (non-hydrogen) atoms. The summed E-state index contributed by atoms with van der Waals surface area (Å²) in [4.78, 5) is 59.9. The number of hydrogen-bond donors (Lipinski definition) is 4. The number of urea groups is 1. The quantitative estimate of drug-likeness (QED) is 0.140. The summed E-state index contributed by atoms with van der Waals surface area (Å²) < 4.78 is 228. The van der Waals surface area contributed by atoms with Crippen LogP contribution >= 0.6 is 0 Å². The number of carbonyl (C=O) groups is 5. The first-order valence-electron chi connectivity index (χ1n) is 16.1. The van der Waals surface area contributed by atoms with Gasteiger partial charge in [-0.3, -0.25) is 19.4 Å². The van der Waals surface area contributed by atoms with E-state index in [1.165, 1.54) is 0 Å². The van der Waals surface area contributed by atoms with Gasteiger partial charge in [-0.15, -0.1) is 0 Å². The van der Waals surface area contributed by atoms with Gasteiger partial charge in [-0.2, -0.15) is 79.0 Å². The van der Waals surface area contributed by atoms with Gasteiger partial charge < -0.3 is 21.7 Å². The number of halogens is 18. The second kappa shape index (κ2) is 19.6. The molecule has 1 aliphatic heterocycles.